The van der Waals surface area contributed by atoms with Gasteiger partial charge in [-0.05, 0) is 25.0 Å². The second-order valence-corrected chi connectivity index (χ2v) is 8.07. The molecule has 1 aromatic heterocycles. The molecule has 0 saturated heterocycles. The van der Waals surface area contributed by atoms with E-state index in [1.807, 2.05) is 6.92 Å². The number of thioether (sulfide) groups is 1. The van der Waals surface area contributed by atoms with Crippen LogP contribution in [0.2, 0.25) is 0 Å². The second-order valence-electron chi connectivity index (χ2n) is 5.63. The van der Waals surface area contributed by atoms with Crippen LogP contribution in [0.15, 0.2) is 22.2 Å². The van der Waals surface area contributed by atoms with Crippen LogP contribution < -0.4 is 5.32 Å². The van der Waals surface area contributed by atoms with E-state index in [0.29, 0.717) is 12.0 Å². The third-order valence-corrected chi connectivity index (χ3v) is 5.85. The van der Waals surface area contributed by atoms with Gasteiger partial charge in [-0.25, -0.2) is 9.98 Å². The first-order valence-corrected chi connectivity index (χ1v) is 9.41. The molecule has 0 aliphatic carbocycles. The Labute approximate surface area is 164 Å². The van der Waals surface area contributed by atoms with Gasteiger partial charge in [-0.3, -0.25) is 9.79 Å². The zero-order chi connectivity index (χ0) is 19.3. The molecule has 1 aliphatic rings. The molecule has 2 rings (SSSR count). The number of nitrogens with one attached hydrogen (secondary N) is 1. The maximum Gasteiger partial charge on any atom is 0.233 e. The molecule has 6 nitrogen and oxygen atoms in total. The molecule has 1 aliphatic heterocycles. The Morgan fingerprint density at radius 3 is 2.96 bits per heavy atom. The molecule has 1 N–H and O–H groups in total. The van der Waals surface area contributed by atoms with Gasteiger partial charge in [0, 0.05) is 12.7 Å². The summed E-state index contributed by atoms with van der Waals surface area (Å²) in [4.78, 5) is 23.3. The summed E-state index contributed by atoms with van der Waals surface area (Å²) in [5.74, 6) is -1.05. The first-order valence-electron chi connectivity index (χ1n) is 7.72. The molecule has 10 heteroatoms. The van der Waals surface area contributed by atoms with E-state index < -0.39 is 21.6 Å². The molecule has 0 radical (unpaired) electrons. The Bertz CT molecular complexity index is 793. The Kier molecular flexibility index (Phi) is 6.98. The topological polar surface area (TPSA) is 90.5 Å². The summed E-state index contributed by atoms with van der Waals surface area (Å²) < 4.78 is 13.2. The van der Waals surface area contributed by atoms with Crippen molar-refractivity contribution in [3.05, 3.63) is 29.3 Å². The highest BCUT2D eigenvalue weighted by molar-refractivity contribution is 8.01. The minimum Gasteiger partial charge on any atom is -0.351 e. The first kappa shape index (κ1) is 20.6. The maximum absolute atomic E-state index is 13.2. The Morgan fingerprint density at radius 1 is 1.62 bits per heavy atom. The van der Waals surface area contributed by atoms with Gasteiger partial charge in [-0.1, -0.05) is 30.1 Å². The van der Waals surface area contributed by atoms with Gasteiger partial charge in [0.25, 0.3) is 0 Å². The lowest BCUT2D eigenvalue weighted by atomic mass is 10.2. The number of carbonyl (C=O) groups is 1. The lowest BCUT2D eigenvalue weighted by molar-refractivity contribution is -0.120. The fraction of sp³-hybridized carbons (Fsp3) is 0.438. The van der Waals surface area contributed by atoms with E-state index in [0.717, 1.165) is 0 Å². The molecule has 3 unspecified atom stereocenters. The van der Waals surface area contributed by atoms with Crippen LogP contribution in [-0.2, 0) is 11.3 Å². The van der Waals surface area contributed by atoms with Crippen molar-refractivity contribution in [3.8, 4) is 6.07 Å². The number of rotatable bonds is 6. The summed E-state index contributed by atoms with van der Waals surface area (Å²) in [5, 5.41) is 10.9. The molecule has 3 atom stereocenters. The van der Waals surface area contributed by atoms with Crippen LogP contribution in [-0.4, -0.2) is 37.9 Å². The van der Waals surface area contributed by atoms with Crippen molar-refractivity contribution in [1.82, 2.24) is 10.3 Å². The lowest BCUT2D eigenvalue weighted by Crippen LogP contribution is -2.38. The van der Waals surface area contributed by atoms with Gasteiger partial charge in [0.1, 0.15) is 22.2 Å². The molecule has 0 aromatic carbocycles. The van der Waals surface area contributed by atoms with Crippen molar-refractivity contribution in [1.29, 1.82) is 5.26 Å². The van der Waals surface area contributed by atoms with E-state index in [2.05, 4.69) is 20.3 Å². The number of amides is 1. The standard InChI is InChI=1S/C16H16Cl2FN5OS/c1-3-11(26-15-16(2,18)24-12(17)8-23-15)14(25)22-7-9-4-10(5-20)13(19)21-6-9/h4,6,8,11,15H,3,7H2,1-2H3,(H,22,25). The smallest absolute Gasteiger partial charge is 0.233 e. The van der Waals surface area contributed by atoms with Crippen molar-refractivity contribution in [2.75, 3.05) is 0 Å². The predicted octanol–water partition coefficient (Wildman–Crippen LogP) is 3.22. The molecule has 0 bridgehead atoms. The van der Waals surface area contributed by atoms with Crippen LogP contribution in [0.5, 0.6) is 0 Å². The number of alkyl halides is 1. The molecule has 0 fully saturated rings. The number of hydrogen-bond donors (Lipinski definition) is 1. The lowest BCUT2D eigenvalue weighted by Gasteiger charge is -2.29. The molecule has 0 saturated carbocycles. The summed E-state index contributed by atoms with van der Waals surface area (Å²) in [7, 11) is 0. The van der Waals surface area contributed by atoms with E-state index in [4.69, 9.17) is 28.5 Å². The predicted molar refractivity (Wildman–Crippen MR) is 102 cm³/mol. The molecule has 2 heterocycles. The number of nitriles is 1. The molecule has 0 spiro atoms. The third-order valence-electron chi connectivity index (χ3n) is 3.53. The largest absolute Gasteiger partial charge is 0.351 e. The van der Waals surface area contributed by atoms with E-state index in [1.54, 1.807) is 13.0 Å². The van der Waals surface area contributed by atoms with Crippen LogP contribution in [0.1, 0.15) is 31.4 Å². The average molecular weight is 416 g/mol. The van der Waals surface area contributed by atoms with Crippen LogP contribution in [0.4, 0.5) is 4.39 Å². The second kappa shape index (κ2) is 8.80. The molecular weight excluding hydrogens is 400 g/mol. The molecule has 26 heavy (non-hydrogen) atoms. The minimum atomic E-state index is -1.03. The Balaban J connectivity index is 1.99. The van der Waals surface area contributed by atoms with Crippen LogP contribution >= 0.6 is 35.0 Å². The highest BCUT2D eigenvalue weighted by atomic mass is 35.5. The van der Waals surface area contributed by atoms with Gasteiger partial charge in [0.05, 0.1) is 11.5 Å². The summed E-state index contributed by atoms with van der Waals surface area (Å²) in [6.07, 6.45) is 3.25. The number of pyridine rings is 1. The van der Waals surface area contributed by atoms with E-state index in [-0.39, 0.29) is 23.2 Å². The zero-order valence-electron chi connectivity index (χ0n) is 14.0. The summed E-state index contributed by atoms with van der Waals surface area (Å²) in [5.41, 5.74) is 0.368. The fourth-order valence-corrected chi connectivity index (χ4v) is 3.91. The summed E-state index contributed by atoms with van der Waals surface area (Å²) in [6.45, 7) is 3.69. The van der Waals surface area contributed by atoms with Crippen molar-refractivity contribution in [2.45, 2.75) is 42.4 Å². The minimum absolute atomic E-state index is 0.133. The van der Waals surface area contributed by atoms with Crippen molar-refractivity contribution >= 4 is 52.3 Å². The van der Waals surface area contributed by atoms with E-state index >= 15 is 0 Å². The first-order chi connectivity index (χ1) is 12.3. The van der Waals surface area contributed by atoms with E-state index in [9.17, 15) is 9.18 Å². The van der Waals surface area contributed by atoms with Crippen molar-refractivity contribution in [2.24, 2.45) is 9.98 Å². The van der Waals surface area contributed by atoms with Gasteiger partial charge >= 0.3 is 0 Å². The SMILES string of the molecule is CCC(SC1N=CC(Cl)=NC1(C)Cl)C(=O)NCc1cnc(F)c(C#N)c1. The van der Waals surface area contributed by atoms with E-state index in [1.165, 1.54) is 30.2 Å². The van der Waals surface area contributed by atoms with Crippen molar-refractivity contribution in [3.63, 3.8) is 0 Å². The number of aromatic nitrogens is 1. The normalized spacial score (nSPS) is 23.1. The molecule has 1 amide bonds. The number of halogens is 3. The maximum atomic E-state index is 13.2. The molecular formula is C16H16Cl2FN5OS. The number of hydrogen-bond acceptors (Lipinski definition) is 6. The molecule has 1 aromatic rings. The van der Waals surface area contributed by atoms with Crippen LogP contribution in [0.25, 0.3) is 0 Å². The van der Waals surface area contributed by atoms with Crippen LogP contribution in [0, 0.1) is 17.3 Å². The summed E-state index contributed by atoms with van der Waals surface area (Å²) >= 11 is 13.5. The van der Waals surface area contributed by atoms with Crippen LogP contribution in [0.3, 0.4) is 0 Å². The van der Waals surface area contributed by atoms with Gasteiger partial charge in [0.15, 0.2) is 5.00 Å². The Morgan fingerprint density at radius 2 is 2.35 bits per heavy atom. The van der Waals surface area contributed by atoms with Gasteiger partial charge in [-0.15, -0.1) is 11.8 Å². The highest BCUT2D eigenvalue weighted by Gasteiger charge is 2.37. The third kappa shape index (κ3) is 5.16. The summed E-state index contributed by atoms with van der Waals surface area (Å²) in [6, 6.07) is 3.07. The van der Waals surface area contributed by atoms with Crippen molar-refractivity contribution < 1.29 is 9.18 Å². The fourth-order valence-electron chi connectivity index (χ4n) is 2.19. The number of aliphatic imine (C=N–C) groups is 2. The van der Waals surface area contributed by atoms with Gasteiger partial charge < -0.3 is 5.32 Å². The number of carbonyl (C=O) groups excluding carboxylic acids is 1. The average Bonchev–Trinajstić information content (AvgIpc) is 2.59. The van der Waals surface area contributed by atoms with Gasteiger partial charge in [0.2, 0.25) is 11.9 Å². The van der Waals surface area contributed by atoms with Gasteiger partial charge in [-0.2, -0.15) is 9.65 Å². The number of nitrogens with zero attached hydrogens (tertiary/aromatic N) is 4. The quantitative estimate of drug-likeness (QED) is 0.438. The zero-order valence-corrected chi connectivity index (χ0v) is 16.4. The highest BCUT2D eigenvalue weighted by Crippen LogP contribution is 2.37. The Hall–Kier alpha value is -1.69. The monoisotopic (exact) mass is 415 g/mol. The molecule has 138 valence electrons.